The highest BCUT2D eigenvalue weighted by molar-refractivity contribution is 5.95. The molecule has 2 aromatic carbocycles. The summed E-state index contributed by atoms with van der Waals surface area (Å²) in [5, 5.41) is 6.19. The van der Waals surface area contributed by atoms with Gasteiger partial charge in [0.15, 0.2) is 0 Å². The molecule has 0 spiro atoms. The Morgan fingerprint density at radius 2 is 1.88 bits per heavy atom. The van der Waals surface area contributed by atoms with Crippen LogP contribution in [0.5, 0.6) is 5.75 Å². The van der Waals surface area contributed by atoms with Crippen LogP contribution >= 0.6 is 0 Å². The highest BCUT2D eigenvalue weighted by Gasteiger charge is 2.11. The van der Waals surface area contributed by atoms with Crippen molar-refractivity contribution in [2.75, 3.05) is 23.8 Å². The molecule has 24 heavy (non-hydrogen) atoms. The molecule has 0 unspecified atom stereocenters. The normalized spacial score (nSPS) is 10.5. The lowest BCUT2D eigenvalue weighted by molar-refractivity contribution is -0.114. The number of benzene rings is 2. The largest absolute Gasteiger partial charge is 0.492 e. The lowest BCUT2D eigenvalue weighted by Crippen LogP contribution is -2.23. The Bertz CT molecular complexity index is 696. The van der Waals surface area contributed by atoms with E-state index in [-0.39, 0.29) is 12.5 Å². The van der Waals surface area contributed by atoms with Gasteiger partial charge < -0.3 is 15.4 Å². The second-order valence-corrected chi connectivity index (χ2v) is 6.02. The Kier molecular flexibility index (Phi) is 6.24. The van der Waals surface area contributed by atoms with Gasteiger partial charge in [-0.25, -0.2) is 0 Å². The zero-order valence-corrected chi connectivity index (χ0v) is 14.8. The van der Waals surface area contributed by atoms with Crippen molar-refractivity contribution in [2.45, 2.75) is 33.6 Å². The van der Waals surface area contributed by atoms with Gasteiger partial charge in [-0.05, 0) is 43.0 Å². The lowest BCUT2D eigenvalue weighted by Gasteiger charge is -2.17. The van der Waals surface area contributed by atoms with Crippen molar-refractivity contribution in [3.63, 3.8) is 0 Å². The van der Waals surface area contributed by atoms with Gasteiger partial charge in [-0.1, -0.05) is 44.2 Å². The van der Waals surface area contributed by atoms with Crippen LogP contribution in [-0.4, -0.2) is 19.1 Å². The third kappa shape index (κ3) is 4.51. The minimum absolute atomic E-state index is 0.0971. The molecule has 1 amide bonds. The first kappa shape index (κ1) is 17.9. The van der Waals surface area contributed by atoms with Gasteiger partial charge >= 0.3 is 0 Å². The minimum Gasteiger partial charge on any atom is -0.492 e. The average Bonchev–Trinajstić information content (AvgIpc) is 2.55. The van der Waals surface area contributed by atoms with E-state index in [2.05, 4.69) is 43.5 Å². The van der Waals surface area contributed by atoms with Crippen LogP contribution in [0.15, 0.2) is 42.5 Å². The molecule has 0 bridgehead atoms. The summed E-state index contributed by atoms with van der Waals surface area (Å²) in [4.78, 5) is 12.3. The molecule has 0 heterocycles. The monoisotopic (exact) mass is 326 g/mol. The maximum Gasteiger partial charge on any atom is 0.243 e. The molecule has 0 radical (unpaired) electrons. The summed E-state index contributed by atoms with van der Waals surface area (Å²) in [5.74, 6) is 0.987. The van der Waals surface area contributed by atoms with Crippen LogP contribution in [0.1, 0.15) is 37.8 Å². The molecule has 0 saturated carbocycles. The zero-order valence-electron chi connectivity index (χ0n) is 14.8. The van der Waals surface area contributed by atoms with Crippen molar-refractivity contribution in [2.24, 2.45) is 0 Å². The Labute approximate surface area is 144 Å². The SMILES string of the molecule is CCOc1ccccc1NC(=O)CNc1c(C)cccc1C(C)C. The molecule has 0 aliphatic heterocycles. The predicted octanol–water partition coefficient (Wildman–Crippen LogP) is 4.57. The van der Waals surface area contributed by atoms with Gasteiger partial charge in [0.05, 0.1) is 18.8 Å². The lowest BCUT2D eigenvalue weighted by atomic mass is 9.98. The summed E-state index contributed by atoms with van der Waals surface area (Å²) >= 11 is 0. The van der Waals surface area contributed by atoms with E-state index in [0.717, 1.165) is 11.3 Å². The zero-order chi connectivity index (χ0) is 17.5. The van der Waals surface area contributed by atoms with Crippen LogP contribution in [0.3, 0.4) is 0 Å². The molecule has 2 aromatic rings. The van der Waals surface area contributed by atoms with E-state index in [4.69, 9.17) is 4.74 Å². The van der Waals surface area contributed by atoms with Gasteiger partial charge in [-0.15, -0.1) is 0 Å². The van der Waals surface area contributed by atoms with E-state index < -0.39 is 0 Å². The summed E-state index contributed by atoms with van der Waals surface area (Å²) in [7, 11) is 0. The number of aryl methyl sites for hydroxylation is 1. The summed E-state index contributed by atoms with van der Waals surface area (Å²) in [5.41, 5.74) is 4.10. The van der Waals surface area contributed by atoms with E-state index in [1.165, 1.54) is 5.56 Å². The number of anilines is 2. The van der Waals surface area contributed by atoms with Crippen molar-refractivity contribution in [1.82, 2.24) is 0 Å². The summed E-state index contributed by atoms with van der Waals surface area (Å²) in [6.07, 6.45) is 0. The van der Waals surface area contributed by atoms with Gasteiger partial charge in [0, 0.05) is 5.69 Å². The highest BCUT2D eigenvalue weighted by atomic mass is 16.5. The van der Waals surface area contributed by atoms with E-state index in [1.807, 2.05) is 37.3 Å². The third-order valence-corrected chi connectivity index (χ3v) is 3.81. The van der Waals surface area contributed by atoms with Crippen LogP contribution in [0.2, 0.25) is 0 Å². The number of rotatable bonds is 7. The van der Waals surface area contributed by atoms with Crippen LogP contribution in [0, 0.1) is 6.92 Å². The maximum absolute atomic E-state index is 12.3. The highest BCUT2D eigenvalue weighted by Crippen LogP contribution is 2.27. The van der Waals surface area contributed by atoms with E-state index in [1.54, 1.807) is 0 Å². The number of hydrogen-bond acceptors (Lipinski definition) is 3. The fourth-order valence-corrected chi connectivity index (χ4v) is 2.63. The molecule has 0 atom stereocenters. The predicted molar refractivity (Wildman–Crippen MR) is 100.0 cm³/mol. The fourth-order valence-electron chi connectivity index (χ4n) is 2.63. The van der Waals surface area contributed by atoms with Gasteiger partial charge in [-0.3, -0.25) is 4.79 Å². The number of amides is 1. The number of carbonyl (C=O) groups excluding carboxylic acids is 1. The number of ether oxygens (including phenoxy) is 1. The first-order chi connectivity index (χ1) is 11.5. The van der Waals surface area contributed by atoms with Crippen molar-refractivity contribution >= 4 is 17.3 Å². The summed E-state index contributed by atoms with van der Waals surface area (Å²) in [6.45, 7) is 9.05. The molecule has 0 saturated heterocycles. The third-order valence-electron chi connectivity index (χ3n) is 3.81. The van der Waals surface area contributed by atoms with Gasteiger partial charge in [-0.2, -0.15) is 0 Å². The molecule has 128 valence electrons. The Morgan fingerprint density at radius 1 is 1.12 bits per heavy atom. The van der Waals surface area contributed by atoms with E-state index in [9.17, 15) is 4.79 Å². The maximum atomic E-state index is 12.3. The number of nitrogens with one attached hydrogen (secondary N) is 2. The number of carbonyl (C=O) groups is 1. The van der Waals surface area contributed by atoms with Crippen LogP contribution in [0.25, 0.3) is 0 Å². The Balaban J connectivity index is 2.05. The molecule has 0 aliphatic rings. The number of para-hydroxylation sites is 3. The molecule has 0 fully saturated rings. The average molecular weight is 326 g/mol. The van der Waals surface area contributed by atoms with Gasteiger partial charge in [0.25, 0.3) is 0 Å². The van der Waals surface area contributed by atoms with Crippen molar-refractivity contribution < 1.29 is 9.53 Å². The van der Waals surface area contributed by atoms with Crippen LogP contribution < -0.4 is 15.4 Å². The molecule has 4 heteroatoms. The quantitative estimate of drug-likeness (QED) is 0.784. The molecule has 2 rings (SSSR count). The van der Waals surface area contributed by atoms with Crippen molar-refractivity contribution in [3.8, 4) is 5.75 Å². The number of hydrogen-bond donors (Lipinski definition) is 2. The Hall–Kier alpha value is -2.49. The van der Waals surface area contributed by atoms with Gasteiger partial charge in [0.1, 0.15) is 5.75 Å². The molecule has 0 aromatic heterocycles. The van der Waals surface area contributed by atoms with Crippen LogP contribution in [0.4, 0.5) is 11.4 Å². The topological polar surface area (TPSA) is 50.4 Å². The molecule has 0 aliphatic carbocycles. The molecule has 4 nitrogen and oxygen atoms in total. The fraction of sp³-hybridized carbons (Fsp3) is 0.350. The second kappa shape index (κ2) is 8.39. The van der Waals surface area contributed by atoms with Crippen molar-refractivity contribution in [1.29, 1.82) is 0 Å². The molecular formula is C20H26N2O2. The summed E-state index contributed by atoms with van der Waals surface area (Å²) < 4.78 is 5.54. The Morgan fingerprint density at radius 3 is 2.58 bits per heavy atom. The molecular weight excluding hydrogens is 300 g/mol. The van der Waals surface area contributed by atoms with E-state index in [0.29, 0.717) is 24.0 Å². The van der Waals surface area contributed by atoms with E-state index >= 15 is 0 Å². The smallest absolute Gasteiger partial charge is 0.243 e. The standard InChI is InChI=1S/C20H26N2O2/c1-5-24-18-12-7-6-11-17(18)22-19(23)13-21-20-15(4)9-8-10-16(20)14(2)3/h6-12,14,21H,5,13H2,1-4H3,(H,22,23). The second-order valence-electron chi connectivity index (χ2n) is 6.02. The first-order valence-corrected chi connectivity index (χ1v) is 8.38. The minimum atomic E-state index is -0.0971. The molecule has 2 N–H and O–H groups in total. The van der Waals surface area contributed by atoms with Gasteiger partial charge in [0.2, 0.25) is 5.91 Å². The van der Waals surface area contributed by atoms with Crippen LogP contribution in [-0.2, 0) is 4.79 Å². The summed E-state index contributed by atoms with van der Waals surface area (Å²) in [6, 6.07) is 13.7. The first-order valence-electron chi connectivity index (χ1n) is 8.38. The van der Waals surface area contributed by atoms with Crippen molar-refractivity contribution in [3.05, 3.63) is 53.6 Å².